The van der Waals surface area contributed by atoms with E-state index >= 15 is 0 Å². The van der Waals surface area contributed by atoms with Crippen LogP contribution >= 0.6 is 0 Å². The molecule has 0 spiro atoms. The fourth-order valence-corrected chi connectivity index (χ4v) is 5.57. The lowest BCUT2D eigenvalue weighted by Gasteiger charge is -2.28. The van der Waals surface area contributed by atoms with Gasteiger partial charge in [-0.05, 0) is 70.7 Å². The van der Waals surface area contributed by atoms with E-state index in [4.69, 9.17) is 13.3 Å². The van der Waals surface area contributed by atoms with Crippen LogP contribution in [0.15, 0.2) is 30.8 Å². The third-order valence-electron chi connectivity index (χ3n) is 4.21. The summed E-state index contributed by atoms with van der Waals surface area (Å²) >= 11 is 0. The molecule has 0 aliphatic heterocycles. The third kappa shape index (κ3) is 9.10. The van der Waals surface area contributed by atoms with Crippen LogP contribution < -0.4 is 5.32 Å². The molecular formula is C21H37NO3Si. The number of unbranched alkanes of at least 4 members (excludes halogenated alkanes) is 1. The quantitative estimate of drug-likeness (QED) is 0.334. The fraction of sp³-hybridized carbons (Fsp3) is 0.619. The fourth-order valence-electron chi connectivity index (χ4n) is 2.96. The molecule has 0 fully saturated rings. The molecule has 0 saturated heterocycles. The van der Waals surface area contributed by atoms with Crippen LogP contribution in [0.2, 0.25) is 6.04 Å². The van der Waals surface area contributed by atoms with E-state index in [2.05, 4.69) is 36.2 Å². The van der Waals surface area contributed by atoms with Gasteiger partial charge in [0, 0.05) is 25.9 Å². The Balaban J connectivity index is 2.15. The zero-order chi connectivity index (χ0) is 19.1. The summed E-state index contributed by atoms with van der Waals surface area (Å²) < 4.78 is 17.6. The van der Waals surface area contributed by atoms with Crippen molar-refractivity contribution < 1.29 is 13.3 Å². The Morgan fingerprint density at radius 1 is 0.885 bits per heavy atom. The summed E-state index contributed by atoms with van der Waals surface area (Å²) in [5.41, 5.74) is 2.58. The van der Waals surface area contributed by atoms with Crippen LogP contribution in [-0.2, 0) is 19.7 Å². The highest BCUT2D eigenvalue weighted by Crippen LogP contribution is 2.17. The van der Waals surface area contributed by atoms with E-state index in [-0.39, 0.29) is 0 Å². The summed E-state index contributed by atoms with van der Waals surface area (Å²) in [7, 11) is -2.47. The van der Waals surface area contributed by atoms with Crippen molar-refractivity contribution >= 4 is 14.9 Å². The smallest absolute Gasteiger partial charge is 0.374 e. The van der Waals surface area contributed by atoms with Gasteiger partial charge in [-0.3, -0.25) is 0 Å². The highest BCUT2D eigenvalue weighted by Gasteiger charge is 2.39. The molecule has 0 bridgehead atoms. The van der Waals surface area contributed by atoms with E-state index < -0.39 is 8.80 Å². The zero-order valence-electron chi connectivity index (χ0n) is 16.9. The zero-order valence-corrected chi connectivity index (χ0v) is 17.9. The van der Waals surface area contributed by atoms with Crippen LogP contribution in [-0.4, -0.2) is 41.7 Å². The highest BCUT2D eigenvalue weighted by atomic mass is 28.4. The van der Waals surface area contributed by atoms with Gasteiger partial charge >= 0.3 is 8.80 Å². The summed E-state index contributed by atoms with van der Waals surface area (Å²) in [6.45, 7) is 13.8. The number of hydrogen-bond acceptors (Lipinski definition) is 4. The summed E-state index contributed by atoms with van der Waals surface area (Å²) in [5.74, 6) is 0. The first-order chi connectivity index (χ1) is 12.7. The molecule has 26 heavy (non-hydrogen) atoms. The molecule has 4 nitrogen and oxygen atoms in total. The van der Waals surface area contributed by atoms with Crippen LogP contribution in [0, 0.1) is 0 Å². The average molecular weight is 380 g/mol. The molecule has 0 unspecified atom stereocenters. The molecule has 0 aliphatic carbocycles. The van der Waals surface area contributed by atoms with Crippen molar-refractivity contribution in [2.45, 2.75) is 52.5 Å². The molecule has 0 saturated carbocycles. The van der Waals surface area contributed by atoms with Gasteiger partial charge in [0.25, 0.3) is 0 Å². The second-order valence-electron chi connectivity index (χ2n) is 6.24. The SMILES string of the molecule is C=Cc1ccc(CCCCNCCC[Si](OCC)(OCC)OCC)cc1. The highest BCUT2D eigenvalue weighted by molar-refractivity contribution is 6.60. The van der Waals surface area contributed by atoms with E-state index in [1.807, 2.05) is 26.8 Å². The van der Waals surface area contributed by atoms with E-state index in [1.54, 1.807) is 0 Å². The lowest BCUT2D eigenvalue weighted by molar-refractivity contribution is 0.0708. The first-order valence-electron chi connectivity index (χ1n) is 10.0. The van der Waals surface area contributed by atoms with Crippen LogP contribution in [0.25, 0.3) is 6.08 Å². The van der Waals surface area contributed by atoms with Crippen molar-refractivity contribution in [2.24, 2.45) is 0 Å². The van der Waals surface area contributed by atoms with Crippen LogP contribution in [0.5, 0.6) is 0 Å². The second-order valence-corrected chi connectivity index (χ2v) is 8.97. The van der Waals surface area contributed by atoms with Crippen LogP contribution in [0.1, 0.15) is 51.2 Å². The normalized spacial score (nSPS) is 11.7. The molecule has 1 rings (SSSR count). The number of aryl methyl sites for hydroxylation is 1. The van der Waals surface area contributed by atoms with E-state index in [9.17, 15) is 0 Å². The van der Waals surface area contributed by atoms with Gasteiger partial charge in [0.15, 0.2) is 0 Å². The maximum Gasteiger partial charge on any atom is 0.500 e. The molecule has 0 radical (unpaired) electrons. The molecule has 0 heterocycles. The Morgan fingerprint density at radius 2 is 1.46 bits per heavy atom. The van der Waals surface area contributed by atoms with Crippen LogP contribution in [0.3, 0.4) is 0 Å². The molecule has 148 valence electrons. The van der Waals surface area contributed by atoms with E-state index in [0.29, 0.717) is 19.8 Å². The van der Waals surface area contributed by atoms with Gasteiger partial charge < -0.3 is 18.6 Å². The average Bonchev–Trinajstić information content (AvgIpc) is 2.65. The Morgan fingerprint density at radius 3 is 2.00 bits per heavy atom. The number of benzene rings is 1. The molecule has 0 aromatic heterocycles. The van der Waals surface area contributed by atoms with E-state index in [1.165, 1.54) is 24.0 Å². The molecule has 0 atom stereocenters. The monoisotopic (exact) mass is 379 g/mol. The van der Waals surface area contributed by atoms with Gasteiger partial charge in [0.2, 0.25) is 0 Å². The largest absolute Gasteiger partial charge is 0.500 e. The summed E-state index contributed by atoms with van der Waals surface area (Å²) in [5, 5.41) is 3.53. The predicted molar refractivity (Wildman–Crippen MR) is 112 cm³/mol. The van der Waals surface area contributed by atoms with Crippen molar-refractivity contribution in [3.8, 4) is 0 Å². The minimum Gasteiger partial charge on any atom is -0.374 e. The molecule has 1 N–H and O–H groups in total. The van der Waals surface area contributed by atoms with Gasteiger partial charge in [-0.2, -0.15) is 0 Å². The van der Waals surface area contributed by atoms with Crippen molar-refractivity contribution in [3.05, 3.63) is 42.0 Å². The van der Waals surface area contributed by atoms with Crippen molar-refractivity contribution in [1.82, 2.24) is 5.32 Å². The Labute approximate surface area is 161 Å². The predicted octanol–water partition coefficient (Wildman–Crippen LogP) is 4.68. The number of rotatable bonds is 16. The van der Waals surface area contributed by atoms with Crippen molar-refractivity contribution in [1.29, 1.82) is 0 Å². The molecule has 0 amide bonds. The van der Waals surface area contributed by atoms with Gasteiger partial charge in [-0.25, -0.2) is 0 Å². The molecule has 1 aromatic rings. The second kappa shape index (κ2) is 14.1. The third-order valence-corrected chi connectivity index (χ3v) is 7.37. The lowest BCUT2D eigenvalue weighted by atomic mass is 10.1. The van der Waals surface area contributed by atoms with Gasteiger partial charge in [0.1, 0.15) is 0 Å². The Bertz CT molecular complexity index is 462. The van der Waals surface area contributed by atoms with Crippen molar-refractivity contribution in [2.75, 3.05) is 32.9 Å². The lowest BCUT2D eigenvalue weighted by Crippen LogP contribution is -2.46. The summed E-state index contributed by atoms with van der Waals surface area (Å²) in [6.07, 6.45) is 6.43. The van der Waals surface area contributed by atoms with E-state index in [0.717, 1.165) is 32.0 Å². The molecular weight excluding hydrogens is 342 g/mol. The summed E-state index contributed by atoms with van der Waals surface area (Å²) in [4.78, 5) is 0. The first-order valence-corrected chi connectivity index (χ1v) is 12.0. The number of hydrogen-bond donors (Lipinski definition) is 1. The maximum atomic E-state index is 5.88. The minimum absolute atomic E-state index is 0.646. The Hall–Kier alpha value is -0.983. The Kier molecular flexibility index (Phi) is 12.5. The van der Waals surface area contributed by atoms with Gasteiger partial charge in [-0.15, -0.1) is 0 Å². The summed E-state index contributed by atoms with van der Waals surface area (Å²) in [6, 6.07) is 9.54. The van der Waals surface area contributed by atoms with Crippen molar-refractivity contribution in [3.63, 3.8) is 0 Å². The van der Waals surface area contributed by atoms with Gasteiger partial charge in [0.05, 0.1) is 0 Å². The molecule has 0 aliphatic rings. The van der Waals surface area contributed by atoms with Crippen LogP contribution in [0.4, 0.5) is 0 Å². The maximum absolute atomic E-state index is 5.88. The topological polar surface area (TPSA) is 39.7 Å². The van der Waals surface area contributed by atoms with Gasteiger partial charge in [-0.1, -0.05) is 36.9 Å². The molecule has 1 aromatic carbocycles. The number of nitrogens with one attached hydrogen (secondary N) is 1. The standard InChI is InChI=1S/C21H37NO3Si/c1-5-20-13-15-21(16-14-20)12-9-10-17-22-18-11-19-26(23-6-2,24-7-3)25-8-4/h5,13-16,22H,1,6-12,17-19H2,2-4H3. The molecule has 5 heteroatoms. The minimum atomic E-state index is -2.47. The first kappa shape index (κ1) is 23.1.